The number of cyclic esters (lactones) is 1. The van der Waals surface area contributed by atoms with Crippen LogP contribution in [-0.2, 0) is 26.0 Å². The third kappa shape index (κ3) is 7.07. The summed E-state index contributed by atoms with van der Waals surface area (Å²) in [7, 11) is -4.08. The van der Waals surface area contributed by atoms with Crippen molar-refractivity contribution in [3.05, 3.63) is 84.4 Å². The van der Waals surface area contributed by atoms with E-state index in [0.29, 0.717) is 22.8 Å². The summed E-state index contributed by atoms with van der Waals surface area (Å²) in [5.74, 6) is 0.0912. The van der Waals surface area contributed by atoms with Gasteiger partial charge in [-0.05, 0) is 42.2 Å². The van der Waals surface area contributed by atoms with E-state index in [1.54, 1.807) is 31.2 Å². The lowest BCUT2D eigenvalue weighted by Crippen LogP contribution is -2.53. The SMILES string of the molecule is Cc1nc2ccc(S(=O)(=O)N(CC(C)C)C[C@@H](O)[C@H](Cc3ccccc3)NC(=O)[C@@H]3CN(c4ccccn4)C(=O)O3)cc2o1. The zero-order valence-electron chi connectivity index (χ0n) is 24.7. The van der Waals surface area contributed by atoms with Gasteiger partial charge in [0, 0.05) is 32.3 Å². The van der Waals surface area contributed by atoms with Crippen LogP contribution in [0.1, 0.15) is 25.3 Å². The van der Waals surface area contributed by atoms with Crippen molar-refractivity contribution in [3.8, 4) is 0 Å². The maximum absolute atomic E-state index is 13.9. The lowest BCUT2D eigenvalue weighted by atomic mass is 10.0. The maximum Gasteiger partial charge on any atom is 0.416 e. The van der Waals surface area contributed by atoms with E-state index in [1.165, 1.54) is 27.5 Å². The third-order valence-corrected chi connectivity index (χ3v) is 9.01. The van der Waals surface area contributed by atoms with Gasteiger partial charge < -0.3 is 19.6 Å². The first-order chi connectivity index (χ1) is 21.0. The first kappa shape index (κ1) is 31.1. The molecule has 0 saturated carbocycles. The number of hydrogen-bond donors (Lipinski definition) is 2. The molecule has 2 amide bonds. The van der Waals surface area contributed by atoms with Gasteiger partial charge >= 0.3 is 6.09 Å². The number of aliphatic hydroxyl groups is 1. The first-order valence-corrected chi connectivity index (χ1v) is 15.7. The maximum atomic E-state index is 13.9. The molecule has 1 aliphatic rings. The summed E-state index contributed by atoms with van der Waals surface area (Å²) in [6, 6.07) is 17.8. The molecule has 0 unspecified atom stereocenters. The van der Waals surface area contributed by atoms with Crippen LogP contribution < -0.4 is 10.2 Å². The molecule has 4 aromatic rings. The average Bonchev–Trinajstić information content (AvgIpc) is 3.58. The molecule has 3 atom stereocenters. The van der Waals surface area contributed by atoms with Crippen LogP contribution in [-0.4, -0.2) is 77.7 Å². The smallest absolute Gasteiger partial charge is 0.416 e. The number of hydrogen-bond acceptors (Lipinski definition) is 9. The zero-order chi connectivity index (χ0) is 31.4. The lowest BCUT2D eigenvalue weighted by molar-refractivity contribution is -0.129. The molecule has 2 aromatic heterocycles. The minimum atomic E-state index is -4.08. The number of oxazole rings is 1. The largest absolute Gasteiger partial charge is 0.441 e. The second-order valence-electron chi connectivity index (χ2n) is 11.1. The number of anilines is 1. The van der Waals surface area contributed by atoms with E-state index in [1.807, 2.05) is 44.2 Å². The molecule has 1 aliphatic heterocycles. The van der Waals surface area contributed by atoms with E-state index in [4.69, 9.17) is 9.15 Å². The number of carbonyl (C=O) groups excluding carboxylic acids is 2. The normalized spacial score (nSPS) is 16.8. The Bertz CT molecular complexity index is 1710. The van der Waals surface area contributed by atoms with Crippen molar-refractivity contribution >= 4 is 38.9 Å². The molecule has 5 rings (SSSR count). The summed E-state index contributed by atoms with van der Waals surface area (Å²) >= 11 is 0. The highest BCUT2D eigenvalue weighted by Gasteiger charge is 2.39. The molecule has 1 fully saturated rings. The van der Waals surface area contributed by atoms with Crippen LogP contribution in [0.2, 0.25) is 0 Å². The van der Waals surface area contributed by atoms with E-state index in [2.05, 4.69) is 15.3 Å². The summed E-state index contributed by atoms with van der Waals surface area (Å²) in [5, 5.41) is 14.4. The van der Waals surface area contributed by atoms with E-state index in [-0.39, 0.29) is 36.9 Å². The van der Waals surface area contributed by atoms with Crippen molar-refractivity contribution in [2.75, 3.05) is 24.5 Å². The van der Waals surface area contributed by atoms with Crippen molar-refractivity contribution < 1.29 is 32.3 Å². The number of rotatable bonds is 12. The summed E-state index contributed by atoms with van der Waals surface area (Å²) in [6.45, 7) is 5.20. The highest BCUT2D eigenvalue weighted by Crippen LogP contribution is 2.25. The molecule has 0 bridgehead atoms. The number of pyridine rings is 1. The third-order valence-electron chi connectivity index (χ3n) is 7.18. The van der Waals surface area contributed by atoms with Gasteiger partial charge in [-0.1, -0.05) is 50.2 Å². The van der Waals surface area contributed by atoms with Gasteiger partial charge in [0.15, 0.2) is 17.6 Å². The van der Waals surface area contributed by atoms with Gasteiger partial charge in [-0.2, -0.15) is 4.31 Å². The van der Waals surface area contributed by atoms with Crippen LogP contribution in [0.3, 0.4) is 0 Å². The monoisotopic (exact) mass is 621 g/mol. The molecule has 1 saturated heterocycles. The Labute approximate surface area is 255 Å². The molecular weight excluding hydrogens is 586 g/mol. The number of aryl methyl sites for hydroxylation is 1. The fourth-order valence-electron chi connectivity index (χ4n) is 5.07. The summed E-state index contributed by atoms with van der Waals surface area (Å²) < 4.78 is 39.8. The van der Waals surface area contributed by atoms with Crippen molar-refractivity contribution in [2.45, 2.75) is 50.3 Å². The van der Waals surface area contributed by atoms with Gasteiger partial charge in [-0.3, -0.25) is 9.69 Å². The highest BCUT2D eigenvalue weighted by atomic mass is 32.2. The molecule has 3 heterocycles. The van der Waals surface area contributed by atoms with E-state index in [0.717, 1.165) is 5.56 Å². The number of nitrogens with one attached hydrogen (secondary N) is 1. The minimum Gasteiger partial charge on any atom is -0.441 e. The fraction of sp³-hybridized carbons (Fsp3) is 0.355. The number of aromatic nitrogens is 2. The molecule has 0 aliphatic carbocycles. The lowest BCUT2D eigenvalue weighted by Gasteiger charge is -2.31. The highest BCUT2D eigenvalue weighted by molar-refractivity contribution is 7.89. The molecular formula is C31H35N5O7S. The molecule has 0 spiro atoms. The van der Waals surface area contributed by atoms with Gasteiger partial charge in [-0.25, -0.2) is 23.2 Å². The standard InChI is InChI=1S/C31H35N5O7S/c1-20(2)17-35(44(40,41)23-12-13-24-27(16-23)42-21(3)33-24)18-26(37)25(15-22-9-5-4-6-10-22)34-30(38)28-19-36(31(39)43-28)29-11-7-8-14-32-29/h4-14,16,20,25-26,28,37H,15,17-19H2,1-3H3,(H,34,38)/t25-,26+,28-/m0/s1. The fourth-order valence-corrected chi connectivity index (χ4v) is 6.71. The minimum absolute atomic E-state index is 0.00475. The van der Waals surface area contributed by atoms with Gasteiger partial charge in [0.25, 0.3) is 5.91 Å². The van der Waals surface area contributed by atoms with Crippen LogP contribution in [0, 0.1) is 12.8 Å². The van der Waals surface area contributed by atoms with Crippen molar-refractivity contribution in [1.29, 1.82) is 0 Å². The number of fused-ring (bicyclic) bond motifs is 1. The molecule has 2 N–H and O–H groups in total. The quantitative estimate of drug-likeness (QED) is 0.242. The van der Waals surface area contributed by atoms with E-state index < -0.39 is 40.3 Å². The predicted octanol–water partition coefficient (Wildman–Crippen LogP) is 3.29. The number of benzene rings is 2. The number of nitrogens with zero attached hydrogens (tertiary/aromatic N) is 4. The number of sulfonamides is 1. The summed E-state index contributed by atoms with van der Waals surface area (Å²) in [6.07, 6.45) is -1.44. The Morgan fingerprint density at radius 1 is 1.11 bits per heavy atom. The number of aliphatic hydroxyl groups excluding tert-OH is 1. The van der Waals surface area contributed by atoms with Crippen molar-refractivity contribution in [1.82, 2.24) is 19.6 Å². The second-order valence-corrected chi connectivity index (χ2v) is 13.1. The molecule has 232 valence electrons. The number of amides is 2. The van der Waals surface area contributed by atoms with Crippen LogP contribution in [0.5, 0.6) is 0 Å². The van der Waals surface area contributed by atoms with Crippen molar-refractivity contribution in [3.63, 3.8) is 0 Å². The Balaban J connectivity index is 1.37. The Hall–Kier alpha value is -4.33. The van der Waals surface area contributed by atoms with Crippen molar-refractivity contribution in [2.24, 2.45) is 5.92 Å². The van der Waals surface area contributed by atoms with Gasteiger partial charge in [0.2, 0.25) is 10.0 Å². The molecule has 0 radical (unpaired) electrons. The van der Waals surface area contributed by atoms with Crippen LogP contribution in [0.4, 0.5) is 10.6 Å². The van der Waals surface area contributed by atoms with Crippen LogP contribution in [0.25, 0.3) is 11.1 Å². The van der Waals surface area contributed by atoms with Gasteiger partial charge in [0.05, 0.1) is 23.6 Å². The molecule has 2 aromatic carbocycles. The van der Waals surface area contributed by atoms with Gasteiger partial charge in [0.1, 0.15) is 11.3 Å². The Morgan fingerprint density at radius 3 is 2.57 bits per heavy atom. The Morgan fingerprint density at radius 2 is 1.86 bits per heavy atom. The second kappa shape index (κ2) is 13.1. The topological polar surface area (TPSA) is 155 Å². The number of carbonyl (C=O) groups is 2. The Kier molecular flexibility index (Phi) is 9.28. The molecule has 12 nitrogen and oxygen atoms in total. The van der Waals surface area contributed by atoms with Crippen LogP contribution in [0.15, 0.2) is 82.2 Å². The number of ether oxygens (including phenoxy) is 1. The summed E-state index contributed by atoms with van der Waals surface area (Å²) in [4.78, 5) is 35.6. The molecule has 13 heteroatoms. The first-order valence-electron chi connectivity index (χ1n) is 14.3. The zero-order valence-corrected chi connectivity index (χ0v) is 25.5. The van der Waals surface area contributed by atoms with Gasteiger partial charge in [-0.15, -0.1) is 0 Å². The van der Waals surface area contributed by atoms with E-state index >= 15 is 0 Å². The predicted molar refractivity (Wildman–Crippen MR) is 162 cm³/mol. The summed E-state index contributed by atoms with van der Waals surface area (Å²) in [5.41, 5.74) is 1.70. The van der Waals surface area contributed by atoms with E-state index in [9.17, 15) is 23.1 Å². The van der Waals surface area contributed by atoms with Crippen LogP contribution >= 0.6 is 0 Å². The molecule has 44 heavy (non-hydrogen) atoms. The average molecular weight is 622 g/mol.